The third-order valence-corrected chi connectivity index (χ3v) is 4.16. The molecule has 100 valence electrons. The Morgan fingerprint density at radius 1 is 1.21 bits per heavy atom. The van der Waals surface area contributed by atoms with Crippen LogP contribution in [0.3, 0.4) is 0 Å². The number of nitrogens with zero attached hydrogens (tertiary/aromatic N) is 2. The molecule has 2 unspecified atom stereocenters. The molecule has 1 fully saturated rings. The molecule has 1 amide bonds. The molecular weight excluding hydrogens is 264 g/mol. The fourth-order valence-electron chi connectivity index (χ4n) is 2.24. The maximum Gasteiger partial charge on any atom is 0.266 e. The Bertz CT molecular complexity index is 568. The smallest absolute Gasteiger partial charge is 0.266 e. The van der Waals surface area contributed by atoms with Gasteiger partial charge in [0.2, 0.25) is 0 Å². The number of aliphatic hydroxyl groups excluding tert-OH is 2. The van der Waals surface area contributed by atoms with E-state index in [1.165, 1.54) is 16.2 Å². The zero-order chi connectivity index (χ0) is 13.4. The zero-order valence-electron chi connectivity index (χ0n) is 10.1. The number of β-amino-alcohol motifs (C(OH)–C–C–N with tert-alkyl or cyclic N) is 2. The van der Waals surface area contributed by atoms with Crippen LogP contribution in [0.15, 0.2) is 36.0 Å². The number of aliphatic hydroxyl groups is 2. The third kappa shape index (κ3) is 2.18. The molecule has 1 saturated heterocycles. The first-order valence-corrected chi connectivity index (χ1v) is 6.91. The third-order valence-electron chi connectivity index (χ3n) is 3.27. The summed E-state index contributed by atoms with van der Waals surface area (Å²) in [6.45, 7) is 0.367. The fourth-order valence-corrected chi connectivity index (χ4v) is 3.10. The molecule has 1 aliphatic rings. The van der Waals surface area contributed by atoms with Gasteiger partial charge in [-0.2, -0.15) is 0 Å². The Labute approximate surface area is 114 Å². The Morgan fingerprint density at radius 2 is 1.84 bits per heavy atom. The molecule has 6 heteroatoms. The molecular formula is C13H14N2O3S. The maximum atomic E-state index is 12.4. The molecule has 5 nitrogen and oxygen atoms in total. The first kappa shape index (κ1) is 12.4. The van der Waals surface area contributed by atoms with Gasteiger partial charge < -0.3 is 19.7 Å². The van der Waals surface area contributed by atoms with Crippen molar-refractivity contribution in [3.8, 4) is 5.69 Å². The van der Waals surface area contributed by atoms with Crippen LogP contribution in [0.1, 0.15) is 9.67 Å². The number of hydrogen-bond donors (Lipinski definition) is 2. The van der Waals surface area contributed by atoms with Gasteiger partial charge in [-0.15, -0.1) is 11.3 Å². The second kappa shape index (κ2) is 4.80. The number of carbonyl (C=O) groups excluding carboxylic acids is 1. The predicted molar refractivity (Wildman–Crippen MR) is 71.6 cm³/mol. The highest BCUT2D eigenvalue weighted by Gasteiger charge is 2.34. The average Bonchev–Trinajstić information content (AvgIpc) is 3.09. The summed E-state index contributed by atoms with van der Waals surface area (Å²) in [5.41, 5.74) is 0.830. The lowest BCUT2D eigenvalue weighted by Gasteiger charge is -2.15. The van der Waals surface area contributed by atoms with E-state index in [4.69, 9.17) is 0 Å². The highest BCUT2D eigenvalue weighted by Crippen LogP contribution is 2.24. The molecule has 0 saturated carbocycles. The van der Waals surface area contributed by atoms with Crippen LogP contribution in [0.25, 0.3) is 5.69 Å². The van der Waals surface area contributed by atoms with Gasteiger partial charge in [0.25, 0.3) is 5.91 Å². The summed E-state index contributed by atoms with van der Waals surface area (Å²) in [6.07, 6.45) is 2.07. The van der Waals surface area contributed by atoms with Crippen LogP contribution in [0.4, 0.5) is 0 Å². The monoisotopic (exact) mass is 278 g/mol. The van der Waals surface area contributed by atoms with Crippen LogP contribution in [0.5, 0.6) is 0 Å². The van der Waals surface area contributed by atoms with Gasteiger partial charge in [0.05, 0.1) is 17.9 Å². The molecule has 2 aromatic heterocycles. The van der Waals surface area contributed by atoms with Crippen LogP contribution in [0, 0.1) is 0 Å². The number of aromatic nitrogens is 1. The van der Waals surface area contributed by atoms with Crippen molar-refractivity contribution in [2.75, 3.05) is 13.1 Å². The summed E-state index contributed by atoms with van der Waals surface area (Å²) in [7, 11) is 0. The van der Waals surface area contributed by atoms with Crippen molar-refractivity contribution in [1.82, 2.24) is 9.47 Å². The van der Waals surface area contributed by atoms with Gasteiger partial charge in [-0.3, -0.25) is 4.79 Å². The standard InChI is InChI=1S/C13H14N2O3S/c16-10-7-15(8-11(10)17)13(18)12-9(3-6-19-12)14-4-1-2-5-14/h1-6,10-11,16-17H,7-8H2. The number of carbonyl (C=O) groups is 1. The van der Waals surface area contributed by atoms with E-state index < -0.39 is 12.2 Å². The number of likely N-dealkylation sites (tertiary alicyclic amines) is 1. The Hall–Kier alpha value is -1.63. The van der Waals surface area contributed by atoms with E-state index in [1.807, 2.05) is 40.5 Å². The van der Waals surface area contributed by atoms with Crippen molar-refractivity contribution in [1.29, 1.82) is 0 Å². The zero-order valence-corrected chi connectivity index (χ0v) is 11.0. The summed E-state index contributed by atoms with van der Waals surface area (Å²) in [6, 6.07) is 5.69. The molecule has 19 heavy (non-hydrogen) atoms. The highest BCUT2D eigenvalue weighted by atomic mass is 32.1. The van der Waals surface area contributed by atoms with Gasteiger partial charge in [-0.1, -0.05) is 0 Å². The van der Waals surface area contributed by atoms with Crippen LogP contribution in [-0.4, -0.2) is 50.9 Å². The number of amides is 1. The van der Waals surface area contributed by atoms with Crippen molar-refractivity contribution < 1.29 is 15.0 Å². The Balaban J connectivity index is 1.87. The second-order valence-electron chi connectivity index (χ2n) is 4.57. The Morgan fingerprint density at radius 3 is 2.47 bits per heavy atom. The van der Waals surface area contributed by atoms with Crippen molar-refractivity contribution in [2.45, 2.75) is 12.2 Å². The molecule has 2 atom stereocenters. The molecule has 3 rings (SSSR count). The normalized spacial score (nSPS) is 22.9. The molecule has 1 aliphatic heterocycles. The van der Waals surface area contributed by atoms with Gasteiger partial charge in [0, 0.05) is 25.5 Å². The quantitative estimate of drug-likeness (QED) is 0.850. The minimum atomic E-state index is -0.848. The first-order chi connectivity index (χ1) is 9.16. The highest BCUT2D eigenvalue weighted by molar-refractivity contribution is 7.12. The minimum absolute atomic E-state index is 0.144. The predicted octanol–water partition coefficient (Wildman–Crippen LogP) is 0.716. The van der Waals surface area contributed by atoms with E-state index in [2.05, 4.69) is 0 Å². The second-order valence-corrected chi connectivity index (χ2v) is 5.49. The van der Waals surface area contributed by atoms with E-state index in [0.717, 1.165) is 5.69 Å². The van der Waals surface area contributed by atoms with Crippen molar-refractivity contribution >= 4 is 17.2 Å². The van der Waals surface area contributed by atoms with Crippen LogP contribution >= 0.6 is 11.3 Å². The fraction of sp³-hybridized carbons (Fsp3) is 0.308. The van der Waals surface area contributed by atoms with Crippen molar-refractivity contribution in [2.24, 2.45) is 0 Å². The summed E-state index contributed by atoms with van der Waals surface area (Å²) < 4.78 is 1.88. The lowest BCUT2D eigenvalue weighted by Crippen LogP contribution is -2.29. The van der Waals surface area contributed by atoms with Crippen LogP contribution < -0.4 is 0 Å². The average molecular weight is 278 g/mol. The van der Waals surface area contributed by atoms with Crippen molar-refractivity contribution in [3.63, 3.8) is 0 Å². The maximum absolute atomic E-state index is 12.4. The molecule has 0 aliphatic carbocycles. The lowest BCUT2D eigenvalue weighted by molar-refractivity contribution is 0.0572. The van der Waals surface area contributed by atoms with Gasteiger partial charge in [-0.05, 0) is 23.6 Å². The molecule has 0 bridgehead atoms. The summed E-state index contributed by atoms with van der Waals surface area (Å²) in [5, 5.41) is 20.9. The van der Waals surface area contributed by atoms with E-state index >= 15 is 0 Å². The molecule has 2 aromatic rings. The van der Waals surface area contributed by atoms with Crippen LogP contribution in [0.2, 0.25) is 0 Å². The molecule has 0 aromatic carbocycles. The molecule has 0 spiro atoms. The van der Waals surface area contributed by atoms with Crippen LogP contribution in [-0.2, 0) is 0 Å². The first-order valence-electron chi connectivity index (χ1n) is 6.03. The van der Waals surface area contributed by atoms with Gasteiger partial charge >= 0.3 is 0 Å². The molecule has 0 radical (unpaired) electrons. The Kier molecular flexibility index (Phi) is 3.14. The summed E-state index contributed by atoms with van der Waals surface area (Å²) in [4.78, 5) is 14.5. The van der Waals surface area contributed by atoms with E-state index in [0.29, 0.717) is 4.88 Å². The summed E-state index contributed by atoms with van der Waals surface area (Å²) >= 11 is 1.37. The molecule has 3 heterocycles. The van der Waals surface area contributed by atoms with E-state index in [9.17, 15) is 15.0 Å². The largest absolute Gasteiger partial charge is 0.388 e. The minimum Gasteiger partial charge on any atom is -0.388 e. The molecule has 2 N–H and O–H groups in total. The SMILES string of the molecule is O=C(c1sccc1-n1cccc1)N1CC(O)C(O)C1. The topological polar surface area (TPSA) is 65.7 Å². The summed E-state index contributed by atoms with van der Waals surface area (Å²) in [5.74, 6) is -0.144. The van der Waals surface area contributed by atoms with E-state index in [1.54, 1.807) is 0 Å². The van der Waals surface area contributed by atoms with Gasteiger partial charge in [0.15, 0.2) is 0 Å². The number of thiophene rings is 1. The number of hydrogen-bond acceptors (Lipinski definition) is 4. The lowest BCUT2D eigenvalue weighted by atomic mass is 10.3. The van der Waals surface area contributed by atoms with E-state index in [-0.39, 0.29) is 19.0 Å². The van der Waals surface area contributed by atoms with Gasteiger partial charge in [-0.25, -0.2) is 0 Å². The van der Waals surface area contributed by atoms with Crippen molar-refractivity contribution in [3.05, 3.63) is 40.8 Å². The number of rotatable bonds is 2. The van der Waals surface area contributed by atoms with Gasteiger partial charge in [0.1, 0.15) is 4.88 Å².